The lowest BCUT2D eigenvalue weighted by Crippen LogP contribution is -2.30. The molecule has 0 aliphatic heterocycles. The van der Waals surface area contributed by atoms with Crippen molar-refractivity contribution in [2.75, 3.05) is 39.6 Å². The van der Waals surface area contributed by atoms with Crippen molar-refractivity contribution in [3.8, 4) is 0 Å². The number of aliphatic hydroxyl groups is 1. The first kappa shape index (κ1) is 97.1. The number of hydrogen-bond donors (Lipinski definition) is 3. The van der Waals surface area contributed by atoms with Gasteiger partial charge in [-0.05, 0) is 49.4 Å². The Kier molecular flexibility index (Phi) is 67.8. The SMILES string of the molecule is CCC(C)CCCCCCCCCCCCCCCCCCCCC(=O)OC[C@H](COP(=O)(O)OC[C@@H](O)COP(=O)(O)OC[C@@H](COC(=O)CCCCCCCCC(C)CC)OC(=O)CCCCCCCCCC(C)C)OC(=O)CCCCCCCCCCCCCCCCC(C)C. The summed E-state index contributed by atoms with van der Waals surface area (Å²) in [7, 11) is -9.92. The molecule has 0 bridgehead atoms. The molecular weight excluding hydrogens is 1290 g/mol. The lowest BCUT2D eigenvalue weighted by Gasteiger charge is -2.21. The number of carbonyl (C=O) groups excluding carboxylic acids is 4. The Morgan fingerprint density at radius 2 is 0.485 bits per heavy atom. The number of unbranched alkanes of at least 4 members (excludes halogenated alkanes) is 41. The summed E-state index contributed by atoms with van der Waals surface area (Å²) in [6.07, 6.45) is 55.8. The molecule has 0 aromatic carbocycles. The van der Waals surface area contributed by atoms with Gasteiger partial charge in [-0.15, -0.1) is 0 Å². The quantitative estimate of drug-likeness (QED) is 0.0222. The summed E-state index contributed by atoms with van der Waals surface area (Å²) < 4.78 is 68.6. The summed E-state index contributed by atoms with van der Waals surface area (Å²) in [4.78, 5) is 72.9. The molecule has 0 aromatic heterocycles. The van der Waals surface area contributed by atoms with Gasteiger partial charge in [-0.3, -0.25) is 37.3 Å². The monoisotopic (exact) mass is 1450 g/mol. The number of esters is 4. The number of ether oxygens (including phenoxy) is 4. The second-order valence-corrected chi connectivity index (χ2v) is 33.1. The molecule has 588 valence electrons. The van der Waals surface area contributed by atoms with Crippen molar-refractivity contribution in [1.82, 2.24) is 0 Å². The van der Waals surface area contributed by atoms with Crippen molar-refractivity contribution in [3.05, 3.63) is 0 Å². The van der Waals surface area contributed by atoms with E-state index in [1.54, 1.807) is 0 Å². The molecule has 4 unspecified atom stereocenters. The van der Waals surface area contributed by atoms with Gasteiger partial charge in [-0.1, -0.05) is 357 Å². The summed E-state index contributed by atoms with van der Waals surface area (Å²) in [6, 6.07) is 0. The van der Waals surface area contributed by atoms with Gasteiger partial charge >= 0.3 is 39.5 Å². The van der Waals surface area contributed by atoms with E-state index in [2.05, 4.69) is 55.4 Å². The van der Waals surface area contributed by atoms with Crippen LogP contribution in [-0.2, 0) is 65.4 Å². The van der Waals surface area contributed by atoms with Gasteiger partial charge in [0.05, 0.1) is 26.4 Å². The van der Waals surface area contributed by atoms with E-state index < -0.39 is 97.5 Å². The van der Waals surface area contributed by atoms with Gasteiger partial charge in [0.2, 0.25) is 0 Å². The highest BCUT2D eigenvalue weighted by molar-refractivity contribution is 7.47. The number of rotatable bonds is 77. The molecule has 0 aliphatic carbocycles. The average Bonchev–Trinajstić information content (AvgIpc) is 1.80. The minimum atomic E-state index is -4.96. The molecule has 0 aromatic rings. The fourth-order valence-corrected chi connectivity index (χ4v) is 13.8. The molecule has 7 atom stereocenters. The Morgan fingerprint density at radius 1 is 0.283 bits per heavy atom. The maximum atomic E-state index is 13.1. The highest BCUT2D eigenvalue weighted by Gasteiger charge is 2.30. The van der Waals surface area contributed by atoms with Crippen LogP contribution in [0.3, 0.4) is 0 Å². The van der Waals surface area contributed by atoms with Crippen molar-refractivity contribution in [1.29, 1.82) is 0 Å². The van der Waals surface area contributed by atoms with Crippen molar-refractivity contribution in [2.45, 2.75) is 427 Å². The normalized spacial score (nSPS) is 14.6. The van der Waals surface area contributed by atoms with Crippen molar-refractivity contribution >= 4 is 39.5 Å². The molecular formula is C80H156O17P2. The standard InChI is InChI=1S/C80H156O17P2/c1-9-72(7)58-50-42-34-28-24-20-15-13-11-12-14-16-21-25-29-35-44-52-60-77(82)90-66-75(96-79(84)62-54-46-36-30-26-22-18-17-19-23-27-32-40-48-56-70(3)4)68-94-98(86,87)92-64-74(81)65-93-99(88,89)95-69-76(97-80(85)63-55-47-37-31-33-41-49-57-71(5)6)67-91-78(83)61-53-45-39-38-43-51-59-73(8)10-2/h70-76,81H,9-69H2,1-8H3,(H,86,87)(H,88,89)/t72?,73?,74-,75-,76-/m1/s1. The summed E-state index contributed by atoms with van der Waals surface area (Å²) >= 11 is 0. The number of aliphatic hydroxyl groups excluding tert-OH is 1. The zero-order valence-electron chi connectivity index (χ0n) is 65.1. The van der Waals surface area contributed by atoms with Gasteiger partial charge in [0.1, 0.15) is 19.3 Å². The first-order valence-corrected chi connectivity index (χ1v) is 44.3. The van der Waals surface area contributed by atoms with Crippen LogP contribution >= 0.6 is 15.6 Å². The minimum absolute atomic E-state index is 0.102. The highest BCUT2D eigenvalue weighted by Crippen LogP contribution is 2.45. The number of phosphoric ester groups is 2. The van der Waals surface area contributed by atoms with Gasteiger partial charge in [0.25, 0.3) is 0 Å². The van der Waals surface area contributed by atoms with E-state index in [1.807, 2.05) is 0 Å². The van der Waals surface area contributed by atoms with Gasteiger partial charge in [-0.2, -0.15) is 0 Å². The predicted octanol–water partition coefficient (Wildman–Crippen LogP) is 23.6. The lowest BCUT2D eigenvalue weighted by molar-refractivity contribution is -0.161. The Hall–Kier alpha value is -1.94. The fourth-order valence-electron chi connectivity index (χ4n) is 12.2. The predicted molar refractivity (Wildman–Crippen MR) is 404 cm³/mol. The van der Waals surface area contributed by atoms with E-state index in [0.717, 1.165) is 114 Å². The van der Waals surface area contributed by atoms with E-state index in [9.17, 15) is 43.2 Å². The van der Waals surface area contributed by atoms with Crippen molar-refractivity contribution in [3.63, 3.8) is 0 Å². The largest absolute Gasteiger partial charge is 0.472 e. The second-order valence-electron chi connectivity index (χ2n) is 30.2. The van der Waals surface area contributed by atoms with Gasteiger partial charge in [0, 0.05) is 25.7 Å². The molecule has 0 radical (unpaired) electrons. The van der Waals surface area contributed by atoms with E-state index in [4.69, 9.17) is 37.0 Å². The smallest absolute Gasteiger partial charge is 0.462 e. The maximum absolute atomic E-state index is 13.1. The number of hydrogen-bond acceptors (Lipinski definition) is 15. The molecule has 99 heavy (non-hydrogen) atoms. The highest BCUT2D eigenvalue weighted by atomic mass is 31.2. The molecule has 0 saturated heterocycles. The van der Waals surface area contributed by atoms with Crippen LogP contribution in [0.2, 0.25) is 0 Å². The summed E-state index contributed by atoms with van der Waals surface area (Å²) in [5.74, 6) is 0.975. The van der Waals surface area contributed by atoms with E-state index in [-0.39, 0.29) is 25.7 Å². The Balaban J connectivity index is 5.18. The molecule has 19 heteroatoms. The van der Waals surface area contributed by atoms with Crippen molar-refractivity contribution in [2.24, 2.45) is 23.7 Å². The average molecular weight is 1450 g/mol. The van der Waals surface area contributed by atoms with Crippen LogP contribution in [0.15, 0.2) is 0 Å². The van der Waals surface area contributed by atoms with E-state index in [0.29, 0.717) is 31.6 Å². The minimum Gasteiger partial charge on any atom is -0.462 e. The number of phosphoric acid groups is 2. The maximum Gasteiger partial charge on any atom is 0.472 e. The summed E-state index contributed by atoms with van der Waals surface area (Å²) in [5.41, 5.74) is 0. The Labute approximate surface area is 607 Å². The van der Waals surface area contributed by atoms with Crippen LogP contribution in [0.1, 0.15) is 409 Å². The third kappa shape index (κ3) is 71.5. The molecule has 0 saturated carbocycles. The first-order valence-electron chi connectivity index (χ1n) is 41.3. The fraction of sp³-hybridized carbons (Fsp3) is 0.950. The first-order chi connectivity index (χ1) is 47.7. The van der Waals surface area contributed by atoms with E-state index in [1.165, 1.54) is 205 Å². The molecule has 0 rings (SSSR count). The van der Waals surface area contributed by atoms with Crippen molar-refractivity contribution < 1.29 is 80.2 Å². The molecule has 0 aliphatic rings. The summed E-state index contributed by atoms with van der Waals surface area (Å²) in [5, 5.41) is 10.6. The molecule has 0 spiro atoms. The molecule has 0 fully saturated rings. The van der Waals surface area contributed by atoms with Crippen LogP contribution < -0.4 is 0 Å². The lowest BCUT2D eigenvalue weighted by atomic mass is 9.99. The van der Waals surface area contributed by atoms with Crippen LogP contribution in [-0.4, -0.2) is 96.7 Å². The molecule has 17 nitrogen and oxygen atoms in total. The molecule has 0 amide bonds. The van der Waals surface area contributed by atoms with Crippen LogP contribution in [0, 0.1) is 23.7 Å². The zero-order chi connectivity index (χ0) is 73.1. The van der Waals surface area contributed by atoms with Gasteiger partial charge in [-0.25, -0.2) is 9.13 Å². The molecule has 0 heterocycles. The third-order valence-corrected chi connectivity index (χ3v) is 21.2. The Bertz CT molecular complexity index is 1940. The van der Waals surface area contributed by atoms with Crippen LogP contribution in [0.25, 0.3) is 0 Å². The van der Waals surface area contributed by atoms with Crippen LogP contribution in [0.5, 0.6) is 0 Å². The zero-order valence-corrected chi connectivity index (χ0v) is 66.9. The third-order valence-electron chi connectivity index (χ3n) is 19.3. The van der Waals surface area contributed by atoms with Crippen LogP contribution in [0.4, 0.5) is 0 Å². The Morgan fingerprint density at radius 3 is 0.717 bits per heavy atom. The second kappa shape index (κ2) is 69.1. The number of carbonyl (C=O) groups is 4. The summed E-state index contributed by atoms with van der Waals surface area (Å²) in [6.45, 7) is 14.2. The van der Waals surface area contributed by atoms with Gasteiger partial charge in [0.15, 0.2) is 12.2 Å². The van der Waals surface area contributed by atoms with Gasteiger partial charge < -0.3 is 33.8 Å². The van der Waals surface area contributed by atoms with E-state index >= 15 is 0 Å². The topological polar surface area (TPSA) is 237 Å². The molecule has 3 N–H and O–H groups in total.